The molecule has 0 spiro atoms. The molecular formula is C12H15NO. The summed E-state index contributed by atoms with van der Waals surface area (Å²) in [7, 11) is 0. The van der Waals surface area contributed by atoms with Gasteiger partial charge in [-0.15, -0.1) is 0 Å². The molecule has 0 bridgehead atoms. The molecule has 0 saturated heterocycles. The third-order valence-electron chi connectivity index (χ3n) is 2.35. The fraction of sp³-hybridized carbons (Fsp3) is 0.333. The van der Waals surface area contributed by atoms with Crippen molar-refractivity contribution >= 4 is 0 Å². The maximum absolute atomic E-state index is 5.55. The molecule has 0 aromatic heterocycles. The van der Waals surface area contributed by atoms with E-state index in [-0.39, 0.29) is 0 Å². The van der Waals surface area contributed by atoms with Gasteiger partial charge in [0, 0.05) is 12.1 Å². The monoisotopic (exact) mass is 189 g/mol. The first kappa shape index (κ1) is 9.28. The molecule has 2 heteroatoms. The molecule has 1 aromatic rings. The standard InChI is InChI=1S/C12H15NO/c1-9(2)7-13-11-8-14-12-6-4-3-5-10(11)12/h3-6,11,13H,1,7-8H2,2H3. The minimum absolute atomic E-state index is 0.322. The molecule has 1 heterocycles. The Morgan fingerprint density at radius 3 is 3.14 bits per heavy atom. The van der Waals surface area contributed by atoms with Crippen molar-refractivity contribution in [3.05, 3.63) is 42.0 Å². The van der Waals surface area contributed by atoms with E-state index in [4.69, 9.17) is 4.74 Å². The highest BCUT2D eigenvalue weighted by atomic mass is 16.5. The SMILES string of the molecule is C=C(C)CNC1COc2ccccc21. The van der Waals surface area contributed by atoms with Crippen LogP contribution in [0.25, 0.3) is 0 Å². The van der Waals surface area contributed by atoms with Gasteiger partial charge in [0.25, 0.3) is 0 Å². The van der Waals surface area contributed by atoms with E-state index in [1.165, 1.54) is 5.56 Å². The Balaban J connectivity index is 2.07. The Morgan fingerprint density at radius 1 is 1.57 bits per heavy atom. The molecule has 0 fully saturated rings. The topological polar surface area (TPSA) is 21.3 Å². The Labute approximate surface area is 84.6 Å². The van der Waals surface area contributed by atoms with Crippen molar-refractivity contribution in [1.29, 1.82) is 0 Å². The van der Waals surface area contributed by atoms with Crippen LogP contribution < -0.4 is 10.1 Å². The van der Waals surface area contributed by atoms with Gasteiger partial charge in [-0.25, -0.2) is 0 Å². The van der Waals surface area contributed by atoms with E-state index in [1.54, 1.807) is 0 Å². The molecule has 2 rings (SSSR count). The summed E-state index contributed by atoms with van der Waals surface area (Å²) < 4.78 is 5.55. The lowest BCUT2D eigenvalue weighted by Crippen LogP contribution is -2.23. The van der Waals surface area contributed by atoms with E-state index in [1.807, 2.05) is 25.1 Å². The average molecular weight is 189 g/mol. The van der Waals surface area contributed by atoms with Crippen LogP contribution in [-0.4, -0.2) is 13.2 Å². The first-order valence-corrected chi connectivity index (χ1v) is 4.87. The first-order valence-electron chi connectivity index (χ1n) is 4.87. The van der Waals surface area contributed by atoms with E-state index in [0.717, 1.165) is 24.5 Å². The van der Waals surface area contributed by atoms with Crippen molar-refractivity contribution in [2.24, 2.45) is 0 Å². The van der Waals surface area contributed by atoms with E-state index in [0.29, 0.717) is 6.04 Å². The molecule has 1 N–H and O–H groups in total. The van der Waals surface area contributed by atoms with Crippen LogP contribution in [0.1, 0.15) is 18.5 Å². The molecule has 1 aliphatic rings. The number of nitrogens with one attached hydrogen (secondary N) is 1. The van der Waals surface area contributed by atoms with Gasteiger partial charge < -0.3 is 10.1 Å². The lowest BCUT2D eigenvalue weighted by molar-refractivity contribution is 0.314. The van der Waals surface area contributed by atoms with Gasteiger partial charge in [0.1, 0.15) is 12.4 Å². The minimum atomic E-state index is 0.322. The van der Waals surface area contributed by atoms with Gasteiger partial charge >= 0.3 is 0 Å². The molecule has 14 heavy (non-hydrogen) atoms. The average Bonchev–Trinajstić information content (AvgIpc) is 2.58. The van der Waals surface area contributed by atoms with Gasteiger partial charge in [-0.3, -0.25) is 0 Å². The number of benzene rings is 1. The molecule has 0 radical (unpaired) electrons. The normalized spacial score (nSPS) is 18.8. The maximum Gasteiger partial charge on any atom is 0.124 e. The molecule has 1 aromatic carbocycles. The third-order valence-corrected chi connectivity index (χ3v) is 2.35. The van der Waals surface area contributed by atoms with Crippen molar-refractivity contribution in [2.75, 3.05) is 13.2 Å². The van der Waals surface area contributed by atoms with Crippen LogP contribution in [0.4, 0.5) is 0 Å². The summed E-state index contributed by atoms with van der Waals surface area (Å²) in [5.74, 6) is 1.01. The van der Waals surface area contributed by atoms with Crippen molar-refractivity contribution in [1.82, 2.24) is 5.32 Å². The first-order chi connectivity index (χ1) is 6.77. The highest BCUT2D eigenvalue weighted by Crippen LogP contribution is 2.31. The van der Waals surface area contributed by atoms with Gasteiger partial charge in [-0.1, -0.05) is 30.4 Å². The second-order valence-corrected chi connectivity index (χ2v) is 3.74. The zero-order valence-electron chi connectivity index (χ0n) is 8.42. The summed E-state index contributed by atoms with van der Waals surface area (Å²) in [6, 6.07) is 8.49. The predicted octanol–water partition coefficient (Wildman–Crippen LogP) is 2.29. The highest BCUT2D eigenvalue weighted by Gasteiger charge is 2.22. The van der Waals surface area contributed by atoms with Gasteiger partial charge in [-0.2, -0.15) is 0 Å². The molecule has 0 amide bonds. The Kier molecular flexibility index (Phi) is 2.55. The fourth-order valence-electron chi connectivity index (χ4n) is 1.63. The lowest BCUT2D eigenvalue weighted by Gasteiger charge is -2.10. The zero-order valence-corrected chi connectivity index (χ0v) is 8.42. The van der Waals surface area contributed by atoms with Crippen LogP contribution >= 0.6 is 0 Å². The van der Waals surface area contributed by atoms with Gasteiger partial charge in [0.05, 0.1) is 6.04 Å². The summed E-state index contributed by atoms with van der Waals surface area (Å²) in [5.41, 5.74) is 2.41. The number of ether oxygens (including phenoxy) is 1. The van der Waals surface area contributed by atoms with E-state index < -0.39 is 0 Å². The Bertz CT molecular complexity index is 346. The molecule has 0 saturated carbocycles. The summed E-state index contributed by atoms with van der Waals surface area (Å²) in [6.45, 7) is 7.47. The van der Waals surface area contributed by atoms with Crippen molar-refractivity contribution in [2.45, 2.75) is 13.0 Å². The van der Waals surface area contributed by atoms with E-state index in [2.05, 4.69) is 18.0 Å². The highest BCUT2D eigenvalue weighted by molar-refractivity contribution is 5.39. The fourth-order valence-corrected chi connectivity index (χ4v) is 1.63. The number of hydrogen-bond donors (Lipinski definition) is 1. The van der Waals surface area contributed by atoms with Gasteiger partial charge in [-0.05, 0) is 13.0 Å². The Hall–Kier alpha value is -1.28. The number of hydrogen-bond acceptors (Lipinski definition) is 2. The van der Waals surface area contributed by atoms with Crippen LogP contribution in [0.5, 0.6) is 5.75 Å². The number of fused-ring (bicyclic) bond motifs is 1. The second kappa shape index (κ2) is 3.84. The van der Waals surface area contributed by atoms with Crippen molar-refractivity contribution in [3.63, 3.8) is 0 Å². The third kappa shape index (κ3) is 1.80. The predicted molar refractivity (Wildman–Crippen MR) is 57.5 cm³/mol. The van der Waals surface area contributed by atoms with Crippen LogP contribution in [0, 0.1) is 0 Å². The molecule has 2 nitrogen and oxygen atoms in total. The zero-order chi connectivity index (χ0) is 9.97. The van der Waals surface area contributed by atoms with Crippen LogP contribution in [0.3, 0.4) is 0 Å². The smallest absolute Gasteiger partial charge is 0.124 e. The maximum atomic E-state index is 5.55. The lowest BCUT2D eigenvalue weighted by atomic mass is 10.1. The van der Waals surface area contributed by atoms with Crippen LogP contribution in [0.15, 0.2) is 36.4 Å². The van der Waals surface area contributed by atoms with Crippen molar-refractivity contribution < 1.29 is 4.74 Å². The van der Waals surface area contributed by atoms with Gasteiger partial charge in [0.2, 0.25) is 0 Å². The molecule has 0 aliphatic carbocycles. The van der Waals surface area contributed by atoms with E-state index >= 15 is 0 Å². The number of para-hydroxylation sites is 1. The Morgan fingerprint density at radius 2 is 2.36 bits per heavy atom. The van der Waals surface area contributed by atoms with E-state index in [9.17, 15) is 0 Å². The van der Waals surface area contributed by atoms with Crippen molar-refractivity contribution in [3.8, 4) is 5.75 Å². The molecular weight excluding hydrogens is 174 g/mol. The molecule has 74 valence electrons. The molecule has 1 unspecified atom stereocenters. The van der Waals surface area contributed by atoms with Gasteiger partial charge in [0.15, 0.2) is 0 Å². The molecule has 1 atom stereocenters. The largest absolute Gasteiger partial charge is 0.491 e. The summed E-state index contributed by atoms with van der Waals surface area (Å²) in [5, 5.41) is 3.41. The second-order valence-electron chi connectivity index (χ2n) is 3.74. The van der Waals surface area contributed by atoms with Crippen LogP contribution in [-0.2, 0) is 0 Å². The number of rotatable bonds is 3. The quantitative estimate of drug-likeness (QED) is 0.736. The summed E-state index contributed by atoms with van der Waals surface area (Å²) in [4.78, 5) is 0. The molecule has 1 aliphatic heterocycles. The summed E-state index contributed by atoms with van der Waals surface area (Å²) in [6.07, 6.45) is 0. The minimum Gasteiger partial charge on any atom is -0.491 e. The van der Waals surface area contributed by atoms with Crippen LogP contribution in [0.2, 0.25) is 0 Å². The summed E-state index contributed by atoms with van der Waals surface area (Å²) >= 11 is 0.